The van der Waals surface area contributed by atoms with Gasteiger partial charge in [0, 0.05) is 0 Å². The van der Waals surface area contributed by atoms with Gasteiger partial charge in [-0.1, -0.05) is 24.6 Å². The molecule has 0 saturated carbocycles. The average Bonchev–Trinajstić information content (AvgIpc) is 2.31. The molecule has 0 spiro atoms. The standard InChI is InChI=1S/C14H23NO/c1-4-15(3)11-5-6-12-16-14-9-7-13(2)8-10-14/h7-10H,4-6,11-12H2,1-3H3. The lowest BCUT2D eigenvalue weighted by atomic mass is 10.2. The van der Waals surface area contributed by atoms with Gasteiger partial charge in [0.05, 0.1) is 6.61 Å². The molecule has 1 aromatic carbocycles. The van der Waals surface area contributed by atoms with Crippen molar-refractivity contribution < 1.29 is 4.74 Å². The summed E-state index contributed by atoms with van der Waals surface area (Å²) < 4.78 is 5.66. The lowest BCUT2D eigenvalue weighted by Crippen LogP contribution is -2.19. The highest BCUT2D eigenvalue weighted by Crippen LogP contribution is 2.11. The van der Waals surface area contributed by atoms with Crippen LogP contribution in [0.1, 0.15) is 25.3 Å². The van der Waals surface area contributed by atoms with Crippen LogP contribution in [0, 0.1) is 6.92 Å². The van der Waals surface area contributed by atoms with Gasteiger partial charge in [0.15, 0.2) is 0 Å². The van der Waals surface area contributed by atoms with Crippen LogP contribution >= 0.6 is 0 Å². The van der Waals surface area contributed by atoms with E-state index >= 15 is 0 Å². The fraction of sp³-hybridized carbons (Fsp3) is 0.571. The molecule has 0 aliphatic rings. The molecule has 0 fully saturated rings. The van der Waals surface area contributed by atoms with Crippen LogP contribution in [0.15, 0.2) is 24.3 Å². The maximum absolute atomic E-state index is 5.66. The Morgan fingerprint density at radius 3 is 2.44 bits per heavy atom. The Kier molecular flexibility index (Phi) is 5.94. The third kappa shape index (κ3) is 5.17. The predicted molar refractivity (Wildman–Crippen MR) is 69.1 cm³/mol. The smallest absolute Gasteiger partial charge is 0.119 e. The summed E-state index contributed by atoms with van der Waals surface area (Å²) in [7, 11) is 2.15. The molecule has 0 atom stereocenters. The Bertz CT molecular complexity index is 281. The van der Waals surface area contributed by atoms with E-state index in [2.05, 4.69) is 37.9 Å². The van der Waals surface area contributed by atoms with Crippen molar-refractivity contribution in [3.63, 3.8) is 0 Å². The first-order chi connectivity index (χ1) is 7.72. The Balaban J connectivity index is 2.09. The second kappa shape index (κ2) is 7.29. The van der Waals surface area contributed by atoms with Crippen molar-refractivity contribution in [2.45, 2.75) is 26.7 Å². The Morgan fingerprint density at radius 1 is 1.12 bits per heavy atom. The van der Waals surface area contributed by atoms with Crippen molar-refractivity contribution in [1.82, 2.24) is 4.90 Å². The molecule has 1 rings (SSSR count). The summed E-state index contributed by atoms with van der Waals surface area (Å²) in [6, 6.07) is 8.24. The molecular weight excluding hydrogens is 198 g/mol. The van der Waals surface area contributed by atoms with Gasteiger partial charge in [-0.25, -0.2) is 0 Å². The summed E-state index contributed by atoms with van der Waals surface area (Å²) in [5.41, 5.74) is 1.27. The zero-order valence-electron chi connectivity index (χ0n) is 10.7. The Labute approximate surface area is 99.2 Å². The number of unbranched alkanes of at least 4 members (excludes halogenated alkanes) is 1. The van der Waals surface area contributed by atoms with Gasteiger partial charge < -0.3 is 9.64 Å². The fourth-order valence-electron chi connectivity index (χ4n) is 1.47. The van der Waals surface area contributed by atoms with Gasteiger partial charge in [-0.2, -0.15) is 0 Å². The van der Waals surface area contributed by atoms with Crippen LogP contribution in [-0.4, -0.2) is 31.6 Å². The minimum atomic E-state index is 0.820. The first kappa shape index (κ1) is 13.0. The van der Waals surface area contributed by atoms with Crippen molar-refractivity contribution in [2.24, 2.45) is 0 Å². The van der Waals surface area contributed by atoms with Crippen molar-refractivity contribution in [3.8, 4) is 5.75 Å². The first-order valence-corrected chi connectivity index (χ1v) is 6.10. The van der Waals surface area contributed by atoms with E-state index in [4.69, 9.17) is 4.74 Å². The van der Waals surface area contributed by atoms with Crippen molar-refractivity contribution in [1.29, 1.82) is 0 Å². The quantitative estimate of drug-likeness (QED) is 0.656. The highest BCUT2D eigenvalue weighted by Gasteiger charge is 1.96. The minimum absolute atomic E-state index is 0.820. The largest absolute Gasteiger partial charge is 0.494 e. The first-order valence-electron chi connectivity index (χ1n) is 6.10. The lowest BCUT2D eigenvalue weighted by molar-refractivity contribution is 0.284. The summed E-state index contributed by atoms with van der Waals surface area (Å²) in [6.07, 6.45) is 2.33. The van der Waals surface area contributed by atoms with E-state index in [9.17, 15) is 0 Å². The zero-order valence-corrected chi connectivity index (χ0v) is 10.7. The number of nitrogens with zero attached hydrogens (tertiary/aromatic N) is 1. The molecule has 2 heteroatoms. The molecule has 0 bridgehead atoms. The van der Waals surface area contributed by atoms with E-state index in [1.807, 2.05) is 12.1 Å². The summed E-state index contributed by atoms with van der Waals surface area (Å²) in [5.74, 6) is 0.981. The topological polar surface area (TPSA) is 12.5 Å². The fourth-order valence-corrected chi connectivity index (χ4v) is 1.47. The zero-order chi connectivity index (χ0) is 11.8. The molecule has 90 valence electrons. The number of rotatable bonds is 7. The second-order valence-corrected chi connectivity index (χ2v) is 4.26. The van der Waals surface area contributed by atoms with Gasteiger partial charge >= 0.3 is 0 Å². The van der Waals surface area contributed by atoms with Crippen molar-refractivity contribution >= 4 is 0 Å². The van der Waals surface area contributed by atoms with Crippen LogP contribution in [0.5, 0.6) is 5.75 Å². The number of hydrogen-bond donors (Lipinski definition) is 0. The molecule has 0 radical (unpaired) electrons. The maximum Gasteiger partial charge on any atom is 0.119 e. The van der Waals surface area contributed by atoms with Gasteiger partial charge in [0.1, 0.15) is 5.75 Å². The second-order valence-electron chi connectivity index (χ2n) is 4.26. The average molecular weight is 221 g/mol. The van der Waals surface area contributed by atoms with Gasteiger partial charge in [-0.05, 0) is 52.0 Å². The summed E-state index contributed by atoms with van der Waals surface area (Å²) in [5, 5.41) is 0. The number of benzene rings is 1. The van der Waals surface area contributed by atoms with Crippen LogP contribution in [0.3, 0.4) is 0 Å². The monoisotopic (exact) mass is 221 g/mol. The van der Waals surface area contributed by atoms with Gasteiger partial charge in [-0.15, -0.1) is 0 Å². The maximum atomic E-state index is 5.66. The molecular formula is C14H23NO. The van der Waals surface area contributed by atoms with Crippen LogP contribution in [0.25, 0.3) is 0 Å². The van der Waals surface area contributed by atoms with Crippen molar-refractivity contribution in [2.75, 3.05) is 26.7 Å². The predicted octanol–water partition coefficient (Wildman–Crippen LogP) is 3.11. The molecule has 0 aliphatic heterocycles. The number of hydrogen-bond acceptors (Lipinski definition) is 2. The number of aryl methyl sites for hydroxylation is 1. The summed E-state index contributed by atoms with van der Waals surface area (Å²) >= 11 is 0. The lowest BCUT2D eigenvalue weighted by Gasteiger charge is -2.13. The van der Waals surface area contributed by atoms with Gasteiger partial charge in [-0.3, -0.25) is 0 Å². The summed E-state index contributed by atoms with van der Waals surface area (Å²) in [4.78, 5) is 2.33. The minimum Gasteiger partial charge on any atom is -0.494 e. The Morgan fingerprint density at radius 2 is 1.81 bits per heavy atom. The summed E-state index contributed by atoms with van der Waals surface area (Å²) in [6.45, 7) is 7.38. The van der Waals surface area contributed by atoms with E-state index in [0.717, 1.165) is 31.9 Å². The third-order valence-electron chi connectivity index (χ3n) is 2.76. The molecule has 2 nitrogen and oxygen atoms in total. The van der Waals surface area contributed by atoms with Crippen LogP contribution in [0.4, 0.5) is 0 Å². The molecule has 0 N–H and O–H groups in total. The van der Waals surface area contributed by atoms with Crippen LogP contribution in [-0.2, 0) is 0 Å². The molecule has 0 saturated heterocycles. The molecule has 1 aromatic rings. The van der Waals surface area contributed by atoms with E-state index in [1.165, 1.54) is 12.0 Å². The van der Waals surface area contributed by atoms with E-state index in [1.54, 1.807) is 0 Å². The van der Waals surface area contributed by atoms with E-state index < -0.39 is 0 Å². The number of ether oxygens (including phenoxy) is 1. The normalized spacial score (nSPS) is 10.8. The molecule has 16 heavy (non-hydrogen) atoms. The molecule has 0 unspecified atom stereocenters. The molecule has 0 aromatic heterocycles. The van der Waals surface area contributed by atoms with E-state index in [-0.39, 0.29) is 0 Å². The molecule has 0 aliphatic carbocycles. The Hall–Kier alpha value is -1.02. The highest BCUT2D eigenvalue weighted by molar-refractivity contribution is 5.26. The van der Waals surface area contributed by atoms with Crippen molar-refractivity contribution in [3.05, 3.63) is 29.8 Å². The molecule has 0 amide bonds. The third-order valence-corrected chi connectivity index (χ3v) is 2.76. The van der Waals surface area contributed by atoms with Gasteiger partial charge in [0.25, 0.3) is 0 Å². The molecule has 0 heterocycles. The van der Waals surface area contributed by atoms with E-state index in [0.29, 0.717) is 0 Å². The highest BCUT2D eigenvalue weighted by atomic mass is 16.5. The van der Waals surface area contributed by atoms with Crippen LogP contribution < -0.4 is 4.74 Å². The van der Waals surface area contributed by atoms with Gasteiger partial charge in [0.2, 0.25) is 0 Å². The SMILES string of the molecule is CCN(C)CCCCOc1ccc(C)cc1. The van der Waals surface area contributed by atoms with Crippen LogP contribution in [0.2, 0.25) is 0 Å².